The van der Waals surface area contributed by atoms with E-state index in [9.17, 15) is 4.79 Å². The fraction of sp³-hybridized carbons (Fsp3) is 0.348. The van der Waals surface area contributed by atoms with Gasteiger partial charge in [-0.2, -0.15) is 0 Å². The first kappa shape index (κ1) is 20.6. The molecule has 2 aromatic carbocycles. The summed E-state index contributed by atoms with van der Waals surface area (Å²) >= 11 is 6.27. The summed E-state index contributed by atoms with van der Waals surface area (Å²) in [6.45, 7) is 4.76. The van der Waals surface area contributed by atoms with Crippen molar-refractivity contribution in [3.8, 4) is 0 Å². The van der Waals surface area contributed by atoms with Crippen LogP contribution in [0.2, 0.25) is 5.02 Å². The molecule has 0 radical (unpaired) electrons. The zero-order valence-corrected chi connectivity index (χ0v) is 17.7. The third-order valence-corrected chi connectivity index (χ3v) is 5.66. The van der Waals surface area contributed by atoms with Gasteiger partial charge in [0.25, 0.3) is 0 Å². The Kier molecular flexibility index (Phi) is 6.45. The number of nitrogens with zero attached hydrogens (tertiary/aromatic N) is 3. The molecule has 1 aromatic heterocycles. The van der Waals surface area contributed by atoms with Crippen molar-refractivity contribution in [3.63, 3.8) is 0 Å². The fourth-order valence-corrected chi connectivity index (χ4v) is 4.20. The molecule has 0 spiro atoms. The molecule has 2 heterocycles. The lowest BCUT2D eigenvalue weighted by molar-refractivity contribution is 0.0519. The van der Waals surface area contributed by atoms with Crippen LogP contribution in [0.25, 0.3) is 10.9 Å². The van der Waals surface area contributed by atoms with Crippen LogP contribution in [-0.4, -0.2) is 47.3 Å². The number of likely N-dealkylation sites (tertiary alicyclic amines) is 1. The summed E-state index contributed by atoms with van der Waals surface area (Å²) in [5.41, 5.74) is 2.75. The van der Waals surface area contributed by atoms with E-state index in [0.717, 1.165) is 34.6 Å². The molecule has 1 aliphatic rings. The van der Waals surface area contributed by atoms with Crippen molar-refractivity contribution in [2.24, 2.45) is 0 Å². The number of carbonyl (C=O) groups excluding carboxylic acids is 1. The third-order valence-electron chi connectivity index (χ3n) is 5.42. The molecule has 1 N–H and O–H groups in total. The van der Waals surface area contributed by atoms with Gasteiger partial charge in [-0.1, -0.05) is 41.9 Å². The molecule has 1 aliphatic heterocycles. The monoisotopic (exact) mass is 424 g/mol. The van der Waals surface area contributed by atoms with Crippen molar-refractivity contribution in [1.29, 1.82) is 0 Å². The number of halogens is 1. The molecule has 156 valence electrons. The molecule has 1 atom stereocenters. The van der Waals surface area contributed by atoms with Crippen LogP contribution in [0.5, 0.6) is 0 Å². The van der Waals surface area contributed by atoms with Gasteiger partial charge in [0.1, 0.15) is 0 Å². The third kappa shape index (κ3) is 4.40. The molecule has 7 heteroatoms. The second-order valence-corrected chi connectivity index (χ2v) is 7.79. The number of benzene rings is 2. The molecule has 6 nitrogen and oxygen atoms in total. The first-order chi connectivity index (χ1) is 14.7. The Bertz CT molecular complexity index is 1040. The van der Waals surface area contributed by atoms with E-state index in [1.807, 2.05) is 42.5 Å². The van der Waals surface area contributed by atoms with Crippen molar-refractivity contribution < 1.29 is 9.53 Å². The molecule has 3 aromatic rings. The highest BCUT2D eigenvalue weighted by molar-refractivity contribution is 6.30. The van der Waals surface area contributed by atoms with Gasteiger partial charge >= 0.3 is 5.97 Å². The van der Waals surface area contributed by atoms with Crippen LogP contribution in [0.4, 0.5) is 5.69 Å². The molecule has 1 unspecified atom stereocenters. The number of hydrogen-bond acceptors (Lipinski definition) is 6. The highest BCUT2D eigenvalue weighted by Crippen LogP contribution is 2.30. The smallest absolute Gasteiger partial charge is 0.361 e. The first-order valence-corrected chi connectivity index (χ1v) is 10.7. The Hall–Kier alpha value is -2.70. The van der Waals surface area contributed by atoms with Gasteiger partial charge in [0.15, 0.2) is 5.69 Å². The number of rotatable bonds is 7. The average molecular weight is 425 g/mol. The van der Waals surface area contributed by atoms with Crippen LogP contribution in [0.3, 0.4) is 0 Å². The van der Waals surface area contributed by atoms with Crippen molar-refractivity contribution in [2.75, 3.05) is 31.6 Å². The van der Waals surface area contributed by atoms with Gasteiger partial charge in [0.05, 0.1) is 23.9 Å². The van der Waals surface area contributed by atoms with Crippen LogP contribution >= 0.6 is 11.6 Å². The predicted molar refractivity (Wildman–Crippen MR) is 119 cm³/mol. The van der Waals surface area contributed by atoms with Crippen molar-refractivity contribution in [2.45, 2.75) is 25.8 Å². The minimum Gasteiger partial charge on any atom is -0.461 e. The summed E-state index contributed by atoms with van der Waals surface area (Å²) in [4.78, 5) is 15.0. The number of fused-ring (bicyclic) bond motifs is 1. The number of hydrogen-bond donors (Lipinski definition) is 1. The molecular formula is C23H25ClN4O2. The molecule has 1 saturated heterocycles. The highest BCUT2D eigenvalue weighted by atomic mass is 35.5. The Balaban J connectivity index is 1.69. The maximum absolute atomic E-state index is 12.5. The molecule has 1 fully saturated rings. The Labute approximate surface area is 181 Å². The number of carbonyl (C=O) groups is 1. The Morgan fingerprint density at radius 3 is 2.73 bits per heavy atom. The highest BCUT2D eigenvalue weighted by Gasteiger charge is 2.25. The van der Waals surface area contributed by atoms with E-state index in [1.165, 1.54) is 12.8 Å². The van der Waals surface area contributed by atoms with Crippen LogP contribution in [0, 0.1) is 0 Å². The summed E-state index contributed by atoms with van der Waals surface area (Å²) in [7, 11) is 0. The zero-order chi connectivity index (χ0) is 20.9. The summed E-state index contributed by atoms with van der Waals surface area (Å²) in [5.74, 6) is -0.473. The largest absolute Gasteiger partial charge is 0.461 e. The van der Waals surface area contributed by atoms with E-state index in [-0.39, 0.29) is 18.3 Å². The van der Waals surface area contributed by atoms with Crippen LogP contribution in [0.15, 0.2) is 48.5 Å². The second kappa shape index (κ2) is 9.41. The average Bonchev–Trinajstić information content (AvgIpc) is 3.28. The molecule has 0 bridgehead atoms. The van der Waals surface area contributed by atoms with Gasteiger partial charge in [-0.05, 0) is 56.6 Å². The van der Waals surface area contributed by atoms with Crippen molar-refractivity contribution >= 4 is 34.2 Å². The van der Waals surface area contributed by atoms with E-state index >= 15 is 0 Å². The van der Waals surface area contributed by atoms with Crippen molar-refractivity contribution in [1.82, 2.24) is 15.1 Å². The number of nitrogens with one attached hydrogen (secondary N) is 1. The SMILES string of the molecule is CCOC(=O)c1nnc2ccccc2c1NCC(c1cccc(Cl)c1)N1CCCC1. The van der Waals surface area contributed by atoms with Gasteiger partial charge in [0.2, 0.25) is 0 Å². The van der Waals surface area contributed by atoms with E-state index in [0.29, 0.717) is 12.2 Å². The van der Waals surface area contributed by atoms with Crippen LogP contribution in [0.1, 0.15) is 41.9 Å². The first-order valence-electron chi connectivity index (χ1n) is 10.3. The molecule has 0 amide bonds. The van der Waals surface area contributed by atoms with Gasteiger partial charge in [-0.3, -0.25) is 4.90 Å². The zero-order valence-electron chi connectivity index (χ0n) is 17.0. The quantitative estimate of drug-likeness (QED) is 0.554. The van der Waals surface area contributed by atoms with Gasteiger partial charge in [-0.15, -0.1) is 10.2 Å². The van der Waals surface area contributed by atoms with E-state index in [2.05, 4.69) is 26.5 Å². The summed E-state index contributed by atoms with van der Waals surface area (Å²) in [6.07, 6.45) is 2.37. The maximum atomic E-state index is 12.5. The maximum Gasteiger partial charge on any atom is 0.361 e. The lowest BCUT2D eigenvalue weighted by Gasteiger charge is -2.29. The normalized spacial score (nSPS) is 15.3. The fourth-order valence-electron chi connectivity index (χ4n) is 4.00. The van der Waals surface area contributed by atoms with E-state index in [4.69, 9.17) is 16.3 Å². The topological polar surface area (TPSA) is 67.3 Å². The molecular weight excluding hydrogens is 400 g/mol. The van der Waals surface area contributed by atoms with Crippen LogP contribution < -0.4 is 5.32 Å². The minimum atomic E-state index is -0.473. The molecule has 30 heavy (non-hydrogen) atoms. The molecule has 4 rings (SSSR count). The van der Waals surface area contributed by atoms with Gasteiger partial charge in [0, 0.05) is 17.0 Å². The number of aromatic nitrogens is 2. The van der Waals surface area contributed by atoms with Crippen LogP contribution in [-0.2, 0) is 4.74 Å². The molecule has 0 aliphatic carbocycles. The molecule has 0 saturated carbocycles. The van der Waals surface area contributed by atoms with E-state index in [1.54, 1.807) is 6.92 Å². The minimum absolute atomic E-state index is 0.133. The number of anilines is 1. The van der Waals surface area contributed by atoms with E-state index < -0.39 is 5.97 Å². The van der Waals surface area contributed by atoms with Gasteiger partial charge in [-0.25, -0.2) is 4.79 Å². The Morgan fingerprint density at radius 2 is 1.97 bits per heavy atom. The lowest BCUT2D eigenvalue weighted by Crippen LogP contribution is -2.31. The lowest BCUT2D eigenvalue weighted by atomic mass is 10.0. The summed E-state index contributed by atoms with van der Waals surface area (Å²) in [5, 5.41) is 13.4. The Morgan fingerprint density at radius 1 is 1.17 bits per heavy atom. The number of ether oxygens (including phenoxy) is 1. The predicted octanol–water partition coefficient (Wildman–Crippen LogP) is 4.71. The summed E-state index contributed by atoms with van der Waals surface area (Å²) < 4.78 is 5.22. The second-order valence-electron chi connectivity index (χ2n) is 7.36. The number of esters is 1. The van der Waals surface area contributed by atoms with Gasteiger partial charge < -0.3 is 10.1 Å². The van der Waals surface area contributed by atoms with Crippen molar-refractivity contribution in [3.05, 3.63) is 64.8 Å². The standard InChI is InChI=1S/C23H25ClN4O2/c1-2-30-23(29)22-21(18-10-3-4-11-19(18)26-27-22)25-15-20(28-12-5-6-13-28)16-8-7-9-17(24)14-16/h3-4,7-11,14,20H,2,5-6,12-13,15H2,1H3,(H,25,26). The summed E-state index contributed by atoms with van der Waals surface area (Å²) in [6, 6.07) is 15.8.